The lowest BCUT2D eigenvalue weighted by Crippen LogP contribution is -2.02. The van der Waals surface area contributed by atoms with Gasteiger partial charge in [0, 0.05) is 17.2 Å². The molecule has 0 amide bonds. The van der Waals surface area contributed by atoms with Gasteiger partial charge in [-0.1, -0.05) is 0 Å². The fraction of sp³-hybridized carbons (Fsp3) is 0.211. The van der Waals surface area contributed by atoms with E-state index in [-0.39, 0.29) is 17.1 Å². The number of alkyl halides is 2. The van der Waals surface area contributed by atoms with E-state index in [9.17, 15) is 18.9 Å². The number of nitrogens with zero attached hydrogens (tertiary/aromatic N) is 4. The average Bonchev–Trinajstić information content (AvgIpc) is 3.11. The van der Waals surface area contributed by atoms with E-state index in [4.69, 9.17) is 21.7 Å². The largest absolute Gasteiger partial charge is 0.496 e. The van der Waals surface area contributed by atoms with E-state index in [1.54, 1.807) is 31.2 Å². The predicted octanol–water partition coefficient (Wildman–Crippen LogP) is 4.56. The molecule has 0 atom stereocenters. The minimum atomic E-state index is -2.84. The van der Waals surface area contributed by atoms with Crippen LogP contribution in [0.15, 0.2) is 41.5 Å². The molecule has 162 valence electrons. The molecule has 0 spiro atoms. The maximum Gasteiger partial charge on any atom is 0.299 e. The van der Waals surface area contributed by atoms with E-state index in [1.165, 1.54) is 25.5 Å². The molecule has 0 radical (unpaired) electrons. The van der Waals surface area contributed by atoms with Crippen LogP contribution in [-0.4, -0.2) is 33.1 Å². The summed E-state index contributed by atoms with van der Waals surface area (Å²) in [5.74, 6) is 0.409. The van der Waals surface area contributed by atoms with Gasteiger partial charge in [-0.25, -0.2) is 13.9 Å². The van der Waals surface area contributed by atoms with Gasteiger partial charge in [-0.05, 0) is 55.0 Å². The van der Waals surface area contributed by atoms with Crippen molar-refractivity contribution in [3.63, 3.8) is 0 Å². The summed E-state index contributed by atoms with van der Waals surface area (Å²) in [6.07, 6.45) is -1.48. The van der Waals surface area contributed by atoms with Gasteiger partial charge in [0.15, 0.2) is 0 Å². The summed E-state index contributed by atoms with van der Waals surface area (Å²) < 4.78 is 37.9. The molecule has 2 aromatic carbocycles. The number of hydrogen-bond donors (Lipinski definition) is 1. The number of aryl methyl sites for hydroxylation is 1. The van der Waals surface area contributed by atoms with Crippen molar-refractivity contribution in [2.24, 2.45) is 5.10 Å². The van der Waals surface area contributed by atoms with Gasteiger partial charge in [0.2, 0.25) is 10.6 Å². The van der Waals surface area contributed by atoms with Crippen LogP contribution in [0.2, 0.25) is 0 Å². The SMILES string of the molecule is COc1ccc(/C=N\n2c(C(F)F)n[nH]c2=S)cc1COc1ccc([N+](=O)[O-])c(C)c1. The molecule has 9 nitrogen and oxygen atoms in total. The van der Waals surface area contributed by atoms with Crippen LogP contribution < -0.4 is 9.47 Å². The summed E-state index contributed by atoms with van der Waals surface area (Å²) in [7, 11) is 1.50. The van der Waals surface area contributed by atoms with Gasteiger partial charge in [-0.15, -0.1) is 0 Å². The maximum atomic E-state index is 13.0. The molecule has 3 rings (SSSR count). The van der Waals surface area contributed by atoms with Crippen molar-refractivity contribution in [1.82, 2.24) is 14.9 Å². The molecule has 0 saturated carbocycles. The Hall–Kier alpha value is -3.67. The van der Waals surface area contributed by atoms with E-state index in [0.717, 1.165) is 4.68 Å². The monoisotopic (exact) mass is 449 g/mol. The third-order valence-corrected chi connectivity index (χ3v) is 4.52. The van der Waals surface area contributed by atoms with E-state index in [1.807, 2.05) is 0 Å². The minimum Gasteiger partial charge on any atom is -0.496 e. The van der Waals surface area contributed by atoms with Crippen molar-refractivity contribution in [2.45, 2.75) is 20.0 Å². The van der Waals surface area contributed by atoms with Crippen molar-refractivity contribution in [3.8, 4) is 11.5 Å². The molecule has 0 bridgehead atoms. The number of hydrogen-bond acceptors (Lipinski definition) is 7. The van der Waals surface area contributed by atoms with Crippen molar-refractivity contribution < 1.29 is 23.2 Å². The maximum absolute atomic E-state index is 13.0. The van der Waals surface area contributed by atoms with Gasteiger partial charge >= 0.3 is 0 Å². The zero-order valence-corrected chi connectivity index (χ0v) is 17.2. The summed E-state index contributed by atoms with van der Waals surface area (Å²) >= 11 is 4.92. The minimum absolute atomic E-state index is 0.00385. The second-order valence-corrected chi connectivity index (χ2v) is 6.70. The van der Waals surface area contributed by atoms with Crippen molar-refractivity contribution >= 4 is 24.1 Å². The Bertz CT molecular complexity index is 1190. The third kappa shape index (κ3) is 5.09. The number of aromatic amines is 1. The zero-order chi connectivity index (χ0) is 22.5. The van der Waals surface area contributed by atoms with Crippen LogP contribution in [0.25, 0.3) is 0 Å². The van der Waals surface area contributed by atoms with Gasteiger partial charge in [-0.3, -0.25) is 10.1 Å². The lowest BCUT2D eigenvalue weighted by atomic mass is 10.1. The highest BCUT2D eigenvalue weighted by Gasteiger charge is 2.16. The van der Waals surface area contributed by atoms with Crippen LogP contribution in [0.1, 0.15) is 28.9 Å². The van der Waals surface area contributed by atoms with Crippen LogP contribution in [0.4, 0.5) is 14.5 Å². The van der Waals surface area contributed by atoms with E-state index in [0.29, 0.717) is 28.2 Å². The number of H-pyrrole nitrogens is 1. The fourth-order valence-electron chi connectivity index (χ4n) is 2.76. The molecule has 1 N–H and O–H groups in total. The number of nitrogens with one attached hydrogen (secondary N) is 1. The lowest BCUT2D eigenvalue weighted by molar-refractivity contribution is -0.385. The molecular formula is C19H17F2N5O4S. The molecule has 0 aliphatic rings. The van der Waals surface area contributed by atoms with Gasteiger partial charge in [0.25, 0.3) is 12.1 Å². The van der Waals surface area contributed by atoms with Crippen molar-refractivity contribution in [3.05, 3.63) is 73.8 Å². The Balaban J connectivity index is 1.81. The first kappa shape index (κ1) is 22.0. The molecule has 0 aliphatic carbocycles. The van der Waals surface area contributed by atoms with Gasteiger partial charge in [-0.2, -0.15) is 14.9 Å². The number of aromatic nitrogens is 3. The Kier molecular flexibility index (Phi) is 6.70. The Morgan fingerprint density at radius 1 is 1.35 bits per heavy atom. The normalized spacial score (nSPS) is 11.3. The zero-order valence-electron chi connectivity index (χ0n) is 16.4. The van der Waals surface area contributed by atoms with E-state index in [2.05, 4.69) is 15.3 Å². The number of benzene rings is 2. The smallest absolute Gasteiger partial charge is 0.299 e. The fourth-order valence-corrected chi connectivity index (χ4v) is 2.94. The summed E-state index contributed by atoms with van der Waals surface area (Å²) in [5.41, 5.74) is 1.72. The van der Waals surface area contributed by atoms with Crippen molar-refractivity contribution in [1.29, 1.82) is 0 Å². The molecule has 0 unspecified atom stereocenters. The molecule has 31 heavy (non-hydrogen) atoms. The molecule has 12 heteroatoms. The first-order valence-electron chi connectivity index (χ1n) is 8.84. The molecule has 1 aromatic heterocycles. The Morgan fingerprint density at radius 3 is 2.77 bits per heavy atom. The summed E-state index contributed by atoms with van der Waals surface area (Å²) in [6, 6.07) is 9.54. The summed E-state index contributed by atoms with van der Waals surface area (Å²) in [6.45, 7) is 1.73. The molecule has 0 fully saturated rings. The predicted molar refractivity (Wildman–Crippen MR) is 111 cm³/mol. The van der Waals surface area contributed by atoms with E-state index >= 15 is 0 Å². The number of rotatable bonds is 8. The number of methoxy groups -OCH3 is 1. The van der Waals surface area contributed by atoms with Crippen LogP contribution in [0, 0.1) is 21.8 Å². The Morgan fingerprint density at radius 2 is 2.13 bits per heavy atom. The molecule has 0 aliphatic heterocycles. The molecule has 0 saturated heterocycles. The second-order valence-electron chi connectivity index (χ2n) is 6.31. The quantitative estimate of drug-likeness (QED) is 0.234. The van der Waals surface area contributed by atoms with Crippen LogP contribution in [0.3, 0.4) is 0 Å². The average molecular weight is 449 g/mol. The molecule has 1 heterocycles. The van der Waals surface area contributed by atoms with Gasteiger partial charge < -0.3 is 9.47 Å². The van der Waals surface area contributed by atoms with Crippen molar-refractivity contribution in [2.75, 3.05) is 7.11 Å². The first-order valence-corrected chi connectivity index (χ1v) is 9.25. The summed E-state index contributed by atoms with van der Waals surface area (Å²) in [5, 5.41) is 20.7. The van der Waals surface area contributed by atoms with Crippen LogP contribution in [0.5, 0.6) is 11.5 Å². The first-order chi connectivity index (χ1) is 14.8. The Labute approximate surface area is 180 Å². The van der Waals surface area contributed by atoms with Gasteiger partial charge in [0.1, 0.15) is 18.1 Å². The topological polar surface area (TPSA) is 108 Å². The highest BCUT2D eigenvalue weighted by Crippen LogP contribution is 2.26. The molecular weight excluding hydrogens is 432 g/mol. The second kappa shape index (κ2) is 9.43. The number of ether oxygens (including phenoxy) is 2. The summed E-state index contributed by atoms with van der Waals surface area (Å²) in [4.78, 5) is 10.5. The lowest BCUT2D eigenvalue weighted by Gasteiger charge is -2.11. The highest BCUT2D eigenvalue weighted by atomic mass is 32.1. The number of nitro groups is 1. The van der Waals surface area contributed by atoms with Gasteiger partial charge in [0.05, 0.1) is 18.2 Å². The molecule has 3 aromatic rings. The third-order valence-electron chi connectivity index (χ3n) is 4.26. The highest BCUT2D eigenvalue weighted by molar-refractivity contribution is 7.71. The number of halogens is 2. The standard InChI is InChI=1S/C19H17F2N5O4S/c1-11-7-14(4-5-15(11)26(27)28)30-10-13-8-12(3-6-16(13)29-2)9-22-25-18(17(20)21)23-24-19(25)31/h3-9,17H,10H2,1-2H3,(H,24,31)/b22-9-. The van der Waals surface area contributed by atoms with Crippen LogP contribution >= 0.6 is 12.2 Å². The number of nitro benzene ring substituents is 1. The van der Waals surface area contributed by atoms with Crippen LogP contribution in [-0.2, 0) is 6.61 Å². The van der Waals surface area contributed by atoms with E-state index < -0.39 is 17.2 Å².